The van der Waals surface area contributed by atoms with E-state index in [0.717, 1.165) is 22.4 Å². The highest BCUT2D eigenvalue weighted by molar-refractivity contribution is 5.70. The van der Waals surface area contributed by atoms with E-state index >= 15 is 0 Å². The van der Waals surface area contributed by atoms with E-state index in [0.29, 0.717) is 6.54 Å². The summed E-state index contributed by atoms with van der Waals surface area (Å²) in [6.45, 7) is 0.773. The number of para-hydroxylation sites is 1. The third kappa shape index (κ3) is 4.27. The van der Waals surface area contributed by atoms with Gasteiger partial charge in [0, 0.05) is 12.1 Å². The zero-order chi connectivity index (χ0) is 17.5. The van der Waals surface area contributed by atoms with Gasteiger partial charge < -0.3 is 15.2 Å². The van der Waals surface area contributed by atoms with Crippen LogP contribution in [-0.4, -0.2) is 18.8 Å². The predicted molar refractivity (Wildman–Crippen MR) is 102 cm³/mol. The number of hydrogen-bond donors (Lipinski definition) is 2. The number of ether oxygens (including phenoxy) is 1. The van der Waals surface area contributed by atoms with Crippen LogP contribution in [0.4, 0.5) is 0 Å². The molecule has 0 saturated heterocycles. The van der Waals surface area contributed by atoms with Crippen molar-refractivity contribution in [3.05, 3.63) is 90.0 Å². The quantitative estimate of drug-likeness (QED) is 0.681. The number of nitrogens with one attached hydrogen (secondary N) is 1. The summed E-state index contributed by atoms with van der Waals surface area (Å²) < 4.78 is 5.43. The third-order valence-electron chi connectivity index (χ3n) is 4.31. The molecule has 0 spiro atoms. The first kappa shape index (κ1) is 17.2. The Balaban J connectivity index is 1.68. The van der Waals surface area contributed by atoms with Crippen LogP contribution in [0, 0.1) is 0 Å². The monoisotopic (exact) mass is 333 g/mol. The van der Waals surface area contributed by atoms with Gasteiger partial charge in [0.15, 0.2) is 0 Å². The first-order valence-corrected chi connectivity index (χ1v) is 8.43. The standard InChI is InChI=1S/C22H23NO2/c1-25-22-10-6-5-9-20(22)18-13-11-17(12-14-18)15-23-21(16-24)19-7-3-2-4-8-19/h2-14,21,23-24H,15-16H2,1H3. The number of rotatable bonds is 7. The van der Waals surface area contributed by atoms with Crippen LogP contribution >= 0.6 is 0 Å². The molecule has 3 aromatic carbocycles. The summed E-state index contributed by atoms with van der Waals surface area (Å²) in [5, 5.41) is 13.0. The van der Waals surface area contributed by atoms with Crippen molar-refractivity contribution < 1.29 is 9.84 Å². The van der Waals surface area contributed by atoms with E-state index in [1.807, 2.05) is 48.5 Å². The Kier molecular flexibility index (Phi) is 5.83. The Morgan fingerprint density at radius 2 is 1.56 bits per heavy atom. The highest BCUT2D eigenvalue weighted by atomic mass is 16.5. The van der Waals surface area contributed by atoms with E-state index in [1.165, 1.54) is 5.56 Å². The molecule has 3 heteroatoms. The highest BCUT2D eigenvalue weighted by Gasteiger charge is 2.09. The summed E-state index contributed by atoms with van der Waals surface area (Å²) in [7, 11) is 1.69. The maximum atomic E-state index is 9.63. The maximum Gasteiger partial charge on any atom is 0.126 e. The van der Waals surface area contributed by atoms with Gasteiger partial charge in [-0.05, 0) is 22.8 Å². The second kappa shape index (κ2) is 8.47. The molecule has 1 atom stereocenters. The minimum atomic E-state index is -0.0601. The minimum absolute atomic E-state index is 0.0601. The third-order valence-corrected chi connectivity index (χ3v) is 4.31. The zero-order valence-corrected chi connectivity index (χ0v) is 14.4. The molecule has 1 unspecified atom stereocenters. The minimum Gasteiger partial charge on any atom is -0.496 e. The fourth-order valence-corrected chi connectivity index (χ4v) is 2.90. The van der Waals surface area contributed by atoms with Crippen molar-refractivity contribution in [2.45, 2.75) is 12.6 Å². The molecule has 3 nitrogen and oxygen atoms in total. The number of hydrogen-bond acceptors (Lipinski definition) is 3. The molecule has 0 fully saturated rings. The van der Waals surface area contributed by atoms with Gasteiger partial charge in [0.25, 0.3) is 0 Å². The second-order valence-corrected chi connectivity index (χ2v) is 5.92. The molecule has 0 amide bonds. The molecular formula is C22H23NO2. The fraction of sp³-hybridized carbons (Fsp3) is 0.182. The van der Waals surface area contributed by atoms with Gasteiger partial charge in [-0.3, -0.25) is 0 Å². The normalized spacial score (nSPS) is 11.9. The van der Waals surface area contributed by atoms with Gasteiger partial charge in [-0.1, -0.05) is 72.8 Å². The van der Waals surface area contributed by atoms with Gasteiger partial charge in [-0.25, -0.2) is 0 Å². The number of aliphatic hydroxyl groups is 1. The molecule has 0 aromatic heterocycles. The lowest BCUT2D eigenvalue weighted by Crippen LogP contribution is -2.23. The van der Waals surface area contributed by atoms with Gasteiger partial charge in [0.05, 0.1) is 19.8 Å². The molecule has 0 saturated carbocycles. The van der Waals surface area contributed by atoms with Gasteiger partial charge in [-0.15, -0.1) is 0 Å². The molecule has 2 N–H and O–H groups in total. The van der Waals surface area contributed by atoms with Crippen molar-refractivity contribution >= 4 is 0 Å². The molecule has 0 aliphatic carbocycles. The van der Waals surface area contributed by atoms with Crippen LogP contribution in [-0.2, 0) is 6.54 Å². The van der Waals surface area contributed by atoms with Gasteiger partial charge >= 0.3 is 0 Å². The summed E-state index contributed by atoms with van der Waals surface area (Å²) in [6, 6.07) is 26.4. The average molecular weight is 333 g/mol. The molecule has 0 heterocycles. The Morgan fingerprint density at radius 3 is 2.24 bits per heavy atom. The lowest BCUT2D eigenvalue weighted by Gasteiger charge is -2.17. The van der Waals surface area contributed by atoms with Gasteiger partial charge in [-0.2, -0.15) is 0 Å². The number of methoxy groups -OCH3 is 1. The van der Waals surface area contributed by atoms with Crippen LogP contribution in [0.25, 0.3) is 11.1 Å². The summed E-state index contributed by atoms with van der Waals surface area (Å²) in [6.07, 6.45) is 0. The van der Waals surface area contributed by atoms with Crippen molar-refractivity contribution in [3.63, 3.8) is 0 Å². The lowest BCUT2D eigenvalue weighted by molar-refractivity contribution is 0.243. The van der Waals surface area contributed by atoms with Crippen molar-refractivity contribution in [2.24, 2.45) is 0 Å². The molecule has 0 aliphatic rings. The topological polar surface area (TPSA) is 41.5 Å². The summed E-state index contributed by atoms with van der Waals surface area (Å²) in [5.41, 5.74) is 4.48. The maximum absolute atomic E-state index is 9.63. The lowest BCUT2D eigenvalue weighted by atomic mass is 10.0. The Bertz CT molecular complexity index is 785. The Hall–Kier alpha value is -2.62. The van der Waals surface area contributed by atoms with Crippen LogP contribution in [0.2, 0.25) is 0 Å². The summed E-state index contributed by atoms with van der Waals surface area (Å²) >= 11 is 0. The fourth-order valence-electron chi connectivity index (χ4n) is 2.90. The van der Waals surface area contributed by atoms with Crippen molar-refractivity contribution in [3.8, 4) is 16.9 Å². The van der Waals surface area contributed by atoms with Crippen LogP contribution in [0.3, 0.4) is 0 Å². The molecule has 0 bridgehead atoms. The number of aliphatic hydroxyl groups excluding tert-OH is 1. The van der Waals surface area contributed by atoms with E-state index in [1.54, 1.807) is 7.11 Å². The van der Waals surface area contributed by atoms with E-state index in [9.17, 15) is 5.11 Å². The summed E-state index contributed by atoms with van der Waals surface area (Å²) in [4.78, 5) is 0. The molecule has 0 radical (unpaired) electrons. The van der Waals surface area contributed by atoms with E-state index in [2.05, 4.69) is 35.6 Å². The van der Waals surface area contributed by atoms with Crippen LogP contribution in [0.5, 0.6) is 5.75 Å². The predicted octanol–water partition coefficient (Wildman–Crippen LogP) is 4.19. The van der Waals surface area contributed by atoms with Crippen molar-refractivity contribution in [1.82, 2.24) is 5.32 Å². The van der Waals surface area contributed by atoms with E-state index in [-0.39, 0.29) is 12.6 Å². The molecule has 25 heavy (non-hydrogen) atoms. The second-order valence-electron chi connectivity index (χ2n) is 5.92. The van der Waals surface area contributed by atoms with E-state index in [4.69, 9.17) is 4.74 Å². The number of benzene rings is 3. The van der Waals surface area contributed by atoms with Gasteiger partial charge in [0.2, 0.25) is 0 Å². The van der Waals surface area contributed by atoms with Crippen LogP contribution in [0.15, 0.2) is 78.9 Å². The van der Waals surface area contributed by atoms with Crippen molar-refractivity contribution in [1.29, 1.82) is 0 Å². The Morgan fingerprint density at radius 1 is 0.880 bits per heavy atom. The van der Waals surface area contributed by atoms with Crippen molar-refractivity contribution in [2.75, 3.05) is 13.7 Å². The highest BCUT2D eigenvalue weighted by Crippen LogP contribution is 2.29. The van der Waals surface area contributed by atoms with Crippen LogP contribution < -0.4 is 10.1 Å². The summed E-state index contributed by atoms with van der Waals surface area (Å²) in [5.74, 6) is 0.873. The smallest absolute Gasteiger partial charge is 0.126 e. The SMILES string of the molecule is COc1ccccc1-c1ccc(CNC(CO)c2ccccc2)cc1. The largest absolute Gasteiger partial charge is 0.496 e. The molecule has 128 valence electrons. The zero-order valence-electron chi connectivity index (χ0n) is 14.4. The molecular weight excluding hydrogens is 310 g/mol. The first-order valence-electron chi connectivity index (χ1n) is 8.43. The Labute approximate surface area is 148 Å². The van der Waals surface area contributed by atoms with Crippen LogP contribution in [0.1, 0.15) is 17.2 Å². The molecule has 3 rings (SSSR count). The van der Waals surface area contributed by atoms with E-state index < -0.39 is 0 Å². The molecule has 3 aromatic rings. The molecule has 0 aliphatic heterocycles. The van der Waals surface area contributed by atoms with Gasteiger partial charge in [0.1, 0.15) is 5.75 Å². The average Bonchev–Trinajstić information content (AvgIpc) is 2.70. The first-order chi connectivity index (χ1) is 12.3.